The second kappa shape index (κ2) is 11.0. The van der Waals surface area contributed by atoms with Gasteiger partial charge in [0.05, 0.1) is 5.75 Å². The molecule has 0 spiro atoms. The first-order valence-corrected chi connectivity index (χ1v) is 12.0. The molecule has 32 heavy (non-hydrogen) atoms. The Hall–Kier alpha value is -3.11. The molecule has 2 amide bonds. The monoisotopic (exact) mass is 469 g/mol. The van der Waals surface area contributed by atoms with E-state index < -0.39 is 0 Å². The molecule has 0 atom stereocenters. The third-order valence-corrected chi connectivity index (χ3v) is 6.91. The SMILES string of the molecule is O=C(CSc1nnc(N2CCN(C(=O)COc3ccccc3)CC2)s1)Nc1ccccc1. The number of hydrogen-bond acceptors (Lipinski definition) is 8. The van der Waals surface area contributed by atoms with Crippen LogP contribution in [0.5, 0.6) is 5.75 Å². The lowest BCUT2D eigenvalue weighted by molar-refractivity contribution is -0.133. The van der Waals surface area contributed by atoms with E-state index >= 15 is 0 Å². The van der Waals surface area contributed by atoms with Gasteiger partial charge < -0.3 is 19.9 Å². The standard InChI is InChI=1S/C22H23N5O3S2/c28-19(23-17-7-3-1-4-8-17)16-31-22-25-24-21(32-22)27-13-11-26(12-14-27)20(29)15-30-18-9-5-2-6-10-18/h1-10H,11-16H2,(H,23,28). The number of nitrogens with one attached hydrogen (secondary N) is 1. The Morgan fingerprint density at radius 3 is 2.38 bits per heavy atom. The predicted molar refractivity (Wildman–Crippen MR) is 126 cm³/mol. The maximum atomic E-state index is 12.4. The van der Waals surface area contributed by atoms with Crippen LogP contribution in [0.2, 0.25) is 0 Å². The summed E-state index contributed by atoms with van der Waals surface area (Å²) in [6.07, 6.45) is 0. The lowest BCUT2D eigenvalue weighted by Gasteiger charge is -2.34. The van der Waals surface area contributed by atoms with Crippen molar-refractivity contribution in [3.05, 3.63) is 60.7 Å². The van der Waals surface area contributed by atoms with Crippen molar-refractivity contribution in [1.29, 1.82) is 0 Å². The Morgan fingerprint density at radius 2 is 1.66 bits per heavy atom. The highest BCUT2D eigenvalue weighted by atomic mass is 32.2. The molecule has 1 fully saturated rings. The van der Waals surface area contributed by atoms with E-state index in [4.69, 9.17) is 4.74 Å². The number of carbonyl (C=O) groups is 2. The quantitative estimate of drug-likeness (QED) is 0.508. The molecule has 0 radical (unpaired) electrons. The average molecular weight is 470 g/mol. The van der Waals surface area contributed by atoms with E-state index in [1.54, 1.807) is 0 Å². The fraction of sp³-hybridized carbons (Fsp3) is 0.273. The summed E-state index contributed by atoms with van der Waals surface area (Å²) in [6, 6.07) is 18.7. The zero-order valence-electron chi connectivity index (χ0n) is 17.3. The van der Waals surface area contributed by atoms with Gasteiger partial charge in [-0.05, 0) is 24.3 Å². The number of rotatable bonds is 8. The van der Waals surface area contributed by atoms with Crippen molar-refractivity contribution in [3.8, 4) is 5.75 Å². The summed E-state index contributed by atoms with van der Waals surface area (Å²) in [7, 11) is 0. The minimum absolute atomic E-state index is 0.0218. The molecule has 0 bridgehead atoms. The van der Waals surface area contributed by atoms with Crippen LogP contribution in [0.4, 0.5) is 10.8 Å². The van der Waals surface area contributed by atoms with Crippen LogP contribution in [-0.2, 0) is 9.59 Å². The lowest BCUT2D eigenvalue weighted by atomic mass is 10.3. The number of anilines is 2. The van der Waals surface area contributed by atoms with Gasteiger partial charge in [0, 0.05) is 31.9 Å². The van der Waals surface area contributed by atoms with E-state index in [1.807, 2.05) is 65.6 Å². The second-order valence-electron chi connectivity index (χ2n) is 7.02. The van der Waals surface area contributed by atoms with Crippen LogP contribution < -0.4 is 15.0 Å². The molecule has 1 aliphatic heterocycles. The number of nitrogens with zero attached hydrogens (tertiary/aromatic N) is 4. The molecule has 1 aliphatic rings. The highest BCUT2D eigenvalue weighted by Crippen LogP contribution is 2.28. The van der Waals surface area contributed by atoms with Gasteiger partial charge in [0.25, 0.3) is 5.91 Å². The molecule has 10 heteroatoms. The highest BCUT2D eigenvalue weighted by Gasteiger charge is 2.23. The van der Waals surface area contributed by atoms with Crippen molar-refractivity contribution in [2.24, 2.45) is 0 Å². The summed E-state index contributed by atoms with van der Waals surface area (Å²) in [5.74, 6) is 0.859. The lowest BCUT2D eigenvalue weighted by Crippen LogP contribution is -2.50. The Morgan fingerprint density at radius 1 is 0.969 bits per heavy atom. The van der Waals surface area contributed by atoms with Crippen molar-refractivity contribution in [1.82, 2.24) is 15.1 Å². The third kappa shape index (κ3) is 6.21. The van der Waals surface area contributed by atoms with E-state index in [2.05, 4.69) is 20.4 Å². The highest BCUT2D eigenvalue weighted by molar-refractivity contribution is 8.01. The Kier molecular flexibility index (Phi) is 7.57. The van der Waals surface area contributed by atoms with Gasteiger partial charge in [0.2, 0.25) is 11.0 Å². The number of amides is 2. The summed E-state index contributed by atoms with van der Waals surface area (Å²) in [6.45, 7) is 2.63. The van der Waals surface area contributed by atoms with Gasteiger partial charge in [-0.2, -0.15) is 0 Å². The van der Waals surface area contributed by atoms with Gasteiger partial charge in [-0.1, -0.05) is 59.5 Å². The number of hydrogen-bond donors (Lipinski definition) is 1. The minimum Gasteiger partial charge on any atom is -0.484 e. The Labute approximate surface area is 194 Å². The average Bonchev–Trinajstić information content (AvgIpc) is 3.32. The van der Waals surface area contributed by atoms with Gasteiger partial charge >= 0.3 is 0 Å². The van der Waals surface area contributed by atoms with Crippen LogP contribution in [0.25, 0.3) is 0 Å². The topological polar surface area (TPSA) is 87.7 Å². The van der Waals surface area contributed by atoms with Crippen LogP contribution in [0.15, 0.2) is 65.0 Å². The molecular formula is C22H23N5O3S2. The summed E-state index contributed by atoms with van der Waals surface area (Å²) in [5.41, 5.74) is 0.776. The normalized spacial score (nSPS) is 13.6. The van der Waals surface area contributed by atoms with Gasteiger partial charge in [0.15, 0.2) is 10.9 Å². The Balaban J connectivity index is 1.20. The first-order valence-electron chi connectivity index (χ1n) is 10.2. The third-order valence-electron chi connectivity index (χ3n) is 4.79. The first-order chi connectivity index (χ1) is 15.7. The Bertz CT molecular complexity index is 1020. The van der Waals surface area contributed by atoms with Crippen LogP contribution in [0.1, 0.15) is 0 Å². The van der Waals surface area contributed by atoms with E-state index in [1.165, 1.54) is 23.1 Å². The van der Waals surface area contributed by atoms with E-state index in [0.29, 0.717) is 31.9 Å². The second-order valence-corrected chi connectivity index (χ2v) is 9.20. The maximum absolute atomic E-state index is 12.4. The number of thioether (sulfide) groups is 1. The number of carbonyl (C=O) groups excluding carboxylic acids is 2. The molecule has 4 rings (SSSR count). The fourth-order valence-corrected chi connectivity index (χ4v) is 4.83. The molecule has 2 heterocycles. The largest absolute Gasteiger partial charge is 0.484 e. The van der Waals surface area contributed by atoms with Crippen molar-refractivity contribution in [2.45, 2.75) is 4.34 Å². The van der Waals surface area contributed by atoms with Crippen LogP contribution >= 0.6 is 23.1 Å². The summed E-state index contributed by atoms with van der Waals surface area (Å²) in [5, 5.41) is 12.1. The molecule has 166 valence electrons. The van der Waals surface area contributed by atoms with Crippen LogP contribution in [-0.4, -0.2) is 65.5 Å². The minimum atomic E-state index is -0.0807. The zero-order chi connectivity index (χ0) is 22.2. The smallest absolute Gasteiger partial charge is 0.260 e. The van der Waals surface area contributed by atoms with Gasteiger partial charge in [-0.25, -0.2) is 0 Å². The number of ether oxygens (including phenoxy) is 1. The van der Waals surface area contributed by atoms with Crippen molar-refractivity contribution < 1.29 is 14.3 Å². The van der Waals surface area contributed by atoms with Gasteiger partial charge in [-0.3, -0.25) is 9.59 Å². The molecule has 2 aromatic carbocycles. The summed E-state index contributed by atoms with van der Waals surface area (Å²) >= 11 is 2.83. The van der Waals surface area contributed by atoms with Gasteiger partial charge in [0.1, 0.15) is 5.75 Å². The maximum Gasteiger partial charge on any atom is 0.260 e. The van der Waals surface area contributed by atoms with Crippen LogP contribution in [0.3, 0.4) is 0 Å². The molecule has 0 saturated carbocycles. The molecule has 1 N–H and O–H groups in total. The van der Waals surface area contributed by atoms with Crippen molar-refractivity contribution in [2.75, 3.05) is 48.8 Å². The van der Waals surface area contributed by atoms with Crippen molar-refractivity contribution >= 4 is 45.7 Å². The molecule has 1 saturated heterocycles. The predicted octanol–water partition coefficient (Wildman–Crippen LogP) is 3.00. The number of piperazine rings is 1. The molecule has 8 nitrogen and oxygen atoms in total. The molecular weight excluding hydrogens is 446 g/mol. The summed E-state index contributed by atoms with van der Waals surface area (Å²) < 4.78 is 6.31. The molecule has 0 unspecified atom stereocenters. The summed E-state index contributed by atoms with van der Waals surface area (Å²) in [4.78, 5) is 28.4. The number of aromatic nitrogens is 2. The molecule has 3 aromatic rings. The first kappa shape index (κ1) is 22.1. The molecule has 1 aromatic heterocycles. The van der Waals surface area contributed by atoms with E-state index in [0.717, 1.165) is 15.2 Å². The fourth-order valence-electron chi connectivity index (χ4n) is 3.13. The van der Waals surface area contributed by atoms with E-state index in [9.17, 15) is 9.59 Å². The number of para-hydroxylation sites is 2. The van der Waals surface area contributed by atoms with Gasteiger partial charge in [-0.15, -0.1) is 10.2 Å². The zero-order valence-corrected chi connectivity index (χ0v) is 19.0. The van der Waals surface area contributed by atoms with Crippen LogP contribution in [0, 0.1) is 0 Å². The van der Waals surface area contributed by atoms with Crippen molar-refractivity contribution in [3.63, 3.8) is 0 Å². The van der Waals surface area contributed by atoms with E-state index in [-0.39, 0.29) is 24.2 Å². The molecule has 0 aliphatic carbocycles. The number of benzene rings is 2.